The van der Waals surface area contributed by atoms with Gasteiger partial charge in [0.15, 0.2) is 6.61 Å². The molecule has 1 saturated carbocycles. The van der Waals surface area contributed by atoms with Crippen LogP contribution in [0.1, 0.15) is 30.4 Å². The molecule has 4 rings (SSSR count). The lowest BCUT2D eigenvalue weighted by Crippen LogP contribution is -2.39. The van der Waals surface area contributed by atoms with Gasteiger partial charge < -0.3 is 9.64 Å². The van der Waals surface area contributed by atoms with Crippen LogP contribution in [0.25, 0.3) is 0 Å². The highest BCUT2D eigenvalue weighted by Gasteiger charge is 2.52. The number of carbonyl (C=O) groups excluding carboxylic acids is 2. The van der Waals surface area contributed by atoms with Gasteiger partial charge in [-0.15, -0.1) is 0 Å². The molecule has 0 atom stereocenters. The summed E-state index contributed by atoms with van der Waals surface area (Å²) in [5.74, 6) is -0.429. The SMILES string of the molecule is O=C(COC(=O)C1(c2ccccc2)CC1)N1CCCc2ccccc21. The summed E-state index contributed by atoms with van der Waals surface area (Å²) in [5.41, 5.74) is 2.56. The molecule has 1 amide bonds. The van der Waals surface area contributed by atoms with E-state index in [1.165, 1.54) is 5.56 Å². The maximum Gasteiger partial charge on any atom is 0.317 e. The second-order valence-corrected chi connectivity index (χ2v) is 6.80. The summed E-state index contributed by atoms with van der Waals surface area (Å²) in [6.45, 7) is 0.485. The number of benzene rings is 2. The van der Waals surface area contributed by atoms with Crippen LogP contribution in [0, 0.1) is 0 Å². The number of fused-ring (bicyclic) bond motifs is 1. The third-order valence-electron chi connectivity index (χ3n) is 5.21. The number of aryl methyl sites for hydroxylation is 1. The number of amides is 1. The fraction of sp³-hybridized carbons (Fsp3) is 0.333. The van der Waals surface area contributed by atoms with Crippen LogP contribution < -0.4 is 4.90 Å². The van der Waals surface area contributed by atoms with Crippen molar-refractivity contribution in [3.63, 3.8) is 0 Å². The monoisotopic (exact) mass is 335 g/mol. The van der Waals surface area contributed by atoms with E-state index in [0.29, 0.717) is 6.54 Å². The number of esters is 1. The maximum atomic E-state index is 12.6. The number of nitrogens with zero attached hydrogens (tertiary/aromatic N) is 1. The van der Waals surface area contributed by atoms with Crippen LogP contribution >= 0.6 is 0 Å². The van der Waals surface area contributed by atoms with Gasteiger partial charge in [0.2, 0.25) is 0 Å². The Hall–Kier alpha value is -2.62. The topological polar surface area (TPSA) is 46.6 Å². The molecule has 25 heavy (non-hydrogen) atoms. The Bertz CT molecular complexity index is 796. The van der Waals surface area contributed by atoms with E-state index < -0.39 is 5.41 Å². The van der Waals surface area contributed by atoms with Crippen LogP contribution in [-0.4, -0.2) is 25.0 Å². The summed E-state index contributed by atoms with van der Waals surface area (Å²) in [7, 11) is 0. The Morgan fingerprint density at radius 1 is 1.00 bits per heavy atom. The summed E-state index contributed by atoms with van der Waals surface area (Å²) in [6.07, 6.45) is 3.49. The van der Waals surface area contributed by atoms with Gasteiger partial charge >= 0.3 is 5.97 Å². The highest BCUT2D eigenvalue weighted by molar-refractivity contribution is 5.97. The number of para-hydroxylation sites is 1. The smallest absolute Gasteiger partial charge is 0.317 e. The van der Waals surface area contributed by atoms with E-state index in [-0.39, 0.29) is 18.5 Å². The molecule has 0 unspecified atom stereocenters. The molecule has 4 nitrogen and oxygen atoms in total. The minimum Gasteiger partial charge on any atom is -0.455 e. The highest BCUT2D eigenvalue weighted by Crippen LogP contribution is 2.49. The van der Waals surface area contributed by atoms with Crippen LogP contribution in [0.2, 0.25) is 0 Å². The van der Waals surface area contributed by atoms with Crippen molar-refractivity contribution in [3.8, 4) is 0 Å². The van der Waals surface area contributed by atoms with Gasteiger partial charge in [-0.2, -0.15) is 0 Å². The first kappa shape index (κ1) is 15.9. The van der Waals surface area contributed by atoms with Crippen LogP contribution in [0.15, 0.2) is 54.6 Å². The van der Waals surface area contributed by atoms with Crippen molar-refractivity contribution in [1.29, 1.82) is 0 Å². The van der Waals surface area contributed by atoms with Gasteiger partial charge in [0.1, 0.15) is 0 Å². The van der Waals surface area contributed by atoms with Gasteiger partial charge in [-0.25, -0.2) is 0 Å². The Morgan fingerprint density at radius 2 is 1.72 bits per heavy atom. The van der Waals surface area contributed by atoms with Crippen LogP contribution in [0.4, 0.5) is 5.69 Å². The van der Waals surface area contributed by atoms with Gasteiger partial charge in [-0.05, 0) is 42.9 Å². The van der Waals surface area contributed by atoms with E-state index in [9.17, 15) is 9.59 Å². The second-order valence-electron chi connectivity index (χ2n) is 6.80. The van der Waals surface area contributed by atoms with Gasteiger partial charge in [-0.3, -0.25) is 9.59 Å². The lowest BCUT2D eigenvalue weighted by molar-refractivity contribution is -0.150. The van der Waals surface area contributed by atoms with E-state index in [0.717, 1.165) is 36.9 Å². The molecule has 1 aliphatic carbocycles. The molecule has 0 aromatic heterocycles. The molecular formula is C21H21NO3. The molecule has 0 bridgehead atoms. The summed E-state index contributed by atoms with van der Waals surface area (Å²) in [5, 5.41) is 0. The second kappa shape index (κ2) is 6.36. The zero-order valence-electron chi connectivity index (χ0n) is 14.1. The number of hydrogen-bond donors (Lipinski definition) is 0. The first-order valence-electron chi connectivity index (χ1n) is 8.82. The molecule has 2 aliphatic rings. The third-order valence-corrected chi connectivity index (χ3v) is 5.21. The van der Waals surface area contributed by atoms with Crippen molar-refractivity contribution >= 4 is 17.6 Å². The van der Waals surface area contributed by atoms with Gasteiger partial charge in [0, 0.05) is 12.2 Å². The zero-order valence-corrected chi connectivity index (χ0v) is 14.1. The van der Waals surface area contributed by atoms with Crippen LogP contribution in [-0.2, 0) is 26.2 Å². The Balaban J connectivity index is 1.42. The van der Waals surface area contributed by atoms with E-state index >= 15 is 0 Å². The minimum atomic E-state index is -0.540. The first-order valence-corrected chi connectivity index (χ1v) is 8.82. The lowest BCUT2D eigenvalue weighted by Gasteiger charge is -2.29. The number of hydrogen-bond acceptors (Lipinski definition) is 3. The standard InChI is InChI=1S/C21H21NO3/c23-19(22-14-6-8-16-7-4-5-11-18(16)22)15-25-20(24)21(12-13-21)17-9-2-1-3-10-17/h1-5,7,9-11H,6,8,12-15H2. The van der Waals surface area contributed by atoms with E-state index in [1.807, 2.05) is 48.5 Å². The average Bonchev–Trinajstić information content (AvgIpc) is 3.48. The Morgan fingerprint density at radius 3 is 2.48 bits per heavy atom. The largest absolute Gasteiger partial charge is 0.455 e. The van der Waals surface area contributed by atoms with Crippen molar-refractivity contribution in [2.45, 2.75) is 31.1 Å². The van der Waals surface area contributed by atoms with Gasteiger partial charge in [0.05, 0.1) is 5.41 Å². The van der Waals surface area contributed by atoms with Gasteiger partial charge in [0.25, 0.3) is 5.91 Å². The maximum absolute atomic E-state index is 12.6. The molecule has 0 N–H and O–H groups in total. The fourth-order valence-electron chi connectivity index (χ4n) is 3.63. The van der Waals surface area contributed by atoms with E-state index in [2.05, 4.69) is 6.07 Å². The lowest BCUT2D eigenvalue weighted by atomic mass is 9.96. The zero-order chi connectivity index (χ0) is 17.3. The van der Waals surface area contributed by atoms with Crippen molar-refractivity contribution in [1.82, 2.24) is 0 Å². The molecule has 128 valence electrons. The molecule has 0 saturated heterocycles. The molecule has 2 aromatic rings. The summed E-state index contributed by atoms with van der Waals surface area (Å²) in [6, 6.07) is 17.6. The number of ether oxygens (including phenoxy) is 1. The molecule has 0 spiro atoms. The predicted molar refractivity (Wildman–Crippen MR) is 95.4 cm³/mol. The third kappa shape index (κ3) is 2.93. The predicted octanol–water partition coefficient (Wildman–Crippen LogP) is 3.24. The number of anilines is 1. The average molecular weight is 335 g/mol. The normalized spacial score (nSPS) is 17.5. The molecule has 0 radical (unpaired) electrons. The van der Waals surface area contributed by atoms with Crippen molar-refractivity contribution < 1.29 is 14.3 Å². The molecule has 1 aliphatic heterocycles. The first-order chi connectivity index (χ1) is 12.2. The Kier molecular flexibility index (Phi) is 4.04. The summed E-state index contributed by atoms with van der Waals surface area (Å²) < 4.78 is 5.42. The molecule has 4 heteroatoms. The molecule has 2 aromatic carbocycles. The summed E-state index contributed by atoms with van der Waals surface area (Å²) >= 11 is 0. The molecule has 1 heterocycles. The van der Waals surface area contributed by atoms with E-state index in [1.54, 1.807) is 4.90 Å². The highest BCUT2D eigenvalue weighted by atomic mass is 16.5. The van der Waals surface area contributed by atoms with Crippen molar-refractivity contribution in [2.24, 2.45) is 0 Å². The van der Waals surface area contributed by atoms with Crippen molar-refractivity contribution in [2.75, 3.05) is 18.1 Å². The molecule has 1 fully saturated rings. The fourth-order valence-corrected chi connectivity index (χ4v) is 3.63. The van der Waals surface area contributed by atoms with Gasteiger partial charge in [-0.1, -0.05) is 48.5 Å². The van der Waals surface area contributed by atoms with Crippen LogP contribution in [0.5, 0.6) is 0 Å². The van der Waals surface area contributed by atoms with Crippen LogP contribution in [0.3, 0.4) is 0 Å². The van der Waals surface area contributed by atoms with Crippen molar-refractivity contribution in [3.05, 3.63) is 65.7 Å². The quantitative estimate of drug-likeness (QED) is 0.806. The summed E-state index contributed by atoms with van der Waals surface area (Å²) in [4.78, 5) is 26.9. The number of rotatable bonds is 4. The number of carbonyl (C=O) groups is 2. The van der Waals surface area contributed by atoms with E-state index in [4.69, 9.17) is 4.74 Å². The minimum absolute atomic E-state index is 0.149. The molecular weight excluding hydrogens is 314 g/mol. The Labute approximate surface area is 147 Å².